The Balaban J connectivity index is 1.47. The molecule has 0 radical (unpaired) electrons. The van der Waals surface area contributed by atoms with Gasteiger partial charge in [-0.2, -0.15) is 0 Å². The lowest BCUT2D eigenvalue weighted by molar-refractivity contribution is 0.229. The molecule has 3 nitrogen and oxygen atoms in total. The van der Waals surface area contributed by atoms with Gasteiger partial charge >= 0.3 is 0 Å². The first-order chi connectivity index (χ1) is 11.1. The molecule has 2 atom stereocenters. The summed E-state index contributed by atoms with van der Waals surface area (Å²) in [6.45, 7) is 2.07. The third kappa shape index (κ3) is 2.57. The molecule has 0 N–H and O–H groups in total. The lowest BCUT2D eigenvalue weighted by Crippen LogP contribution is -2.46. The number of rotatable bonds is 3. The van der Waals surface area contributed by atoms with E-state index in [-0.39, 0.29) is 17.9 Å². The molecule has 2 aliphatic heterocycles. The van der Waals surface area contributed by atoms with Crippen LogP contribution >= 0.6 is 0 Å². The normalized spacial score (nSPS) is 23.7. The summed E-state index contributed by atoms with van der Waals surface area (Å²) in [7, 11) is 0. The quantitative estimate of drug-likeness (QED) is 0.867. The Morgan fingerprint density at radius 2 is 1.87 bits per heavy atom. The maximum atomic E-state index is 13.9. The Hall–Kier alpha value is -2.08. The molecular weight excluding hydrogens is 303 g/mol. The highest BCUT2D eigenvalue weighted by Crippen LogP contribution is 2.35. The van der Waals surface area contributed by atoms with Crippen LogP contribution in [0.5, 0.6) is 0 Å². The van der Waals surface area contributed by atoms with Gasteiger partial charge in [-0.15, -0.1) is 0 Å². The Bertz CT molecular complexity index is 737. The van der Waals surface area contributed by atoms with E-state index in [4.69, 9.17) is 0 Å². The Morgan fingerprint density at radius 1 is 1.00 bits per heavy atom. The number of anilines is 1. The average Bonchev–Trinajstić information content (AvgIpc) is 3.11. The van der Waals surface area contributed by atoms with Gasteiger partial charge in [0.2, 0.25) is 0 Å². The van der Waals surface area contributed by atoms with Crippen molar-refractivity contribution in [3.63, 3.8) is 0 Å². The first-order valence-electron chi connectivity index (χ1n) is 7.67. The van der Waals surface area contributed by atoms with Gasteiger partial charge in [-0.05, 0) is 36.2 Å². The second-order valence-electron chi connectivity index (χ2n) is 6.18. The molecule has 0 saturated carbocycles. The van der Waals surface area contributed by atoms with E-state index in [9.17, 15) is 13.2 Å². The van der Waals surface area contributed by atoms with Crippen LogP contribution in [0, 0.1) is 17.5 Å². The molecule has 2 aromatic rings. The lowest BCUT2D eigenvalue weighted by Gasteiger charge is -2.35. The van der Waals surface area contributed by atoms with E-state index in [2.05, 4.69) is 9.88 Å². The number of halogens is 3. The van der Waals surface area contributed by atoms with Gasteiger partial charge in [-0.3, -0.25) is 4.90 Å². The molecule has 2 bridgehead atoms. The number of pyridine rings is 1. The van der Waals surface area contributed by atoms with Gasteiger partial charge in [0.05, 0.1) is 0 Å². The molecule has 0 spiro atoms. The summed E-state index contributed by atoms with van der Waals surface area (Å²) >= 11 is 0. The van der Waals surface area contributed by atoms with Gasteiger partial charge in [0.15, 0.2) is 23.3 Å². The van der Waals surface area contributed by atoms with Gasteiger partial charge in [0, 0.05) is 37.9 Å². The highest BCUT2D eigenvalue weighted by molar-refractivity contribution is 5.44. The summed E-state index contributed by atoms with van der Waals surface area (Å²) in [6.07, 6.45) is 2.54. The van der Waals surface area contributed by atoms with E-state index < -0.39 is 11.6 Å². The summed E-state index contributed by atoms with van der Waals surface area (Å²) in [6, 6.07) is 7.53. The van der Waals surface area contributed by atoms with Gasteiger partial charge < -0.3 is 4.90 Å². The number of piperazine rings is 1. The number of aromatic nitrogens is 1. The highest BCUT2D eigenvalue weighted by Gasteiger charge is 2.44. The van der Waals surface area contributed by atoms with E-state index in [1.165, 1.54) is 12.1 Å². The molecule has 1 aromatic heterocycles. The topological polar surface area (TPSA) is 19.4 Å². The number of likely N-dealkylation sites (tertiary alicyclic amines) is 1. The van der Waals surface area contributed by atoms with E-state index >= 15 is 0 Å². The van der Waals surface area contributed by atoms with Crippen LogP contribution in [0.3, 0.4) is 0 Å². The van der Waals surface area contributed by atoms with Crippen LogP contribution in [0.1, 0.15) is 12.0 Å². The Morgan fingerprint density at radius 3 is 2.57 bits per heavy atom. The van der Waals surface area contributed by atoms with Crippen molar-refractivity contribution in [3.8, 4) is 0 Å². The average molecular weight is 319 g/mol. The standard InChI is InChI=1S/C17H16F3N3/c18-14-4-3-11(6-16(14)20)8-22-9-13-7-12(22)10-23(13)17-15(19)2-1-5-21-17/h1-6,12-13H,7-10H2. The van der Waals surface area contributed by atoms with Crippen LogP contribution in [-0.2, 0) is 6.54 Å². The zero-order valence-corrected chi connectivity index (χ0v) is 12.4. The largest absolute Gasteiger partial charge is 0.348 e. The van der Waals surface area contributed by atoms with Crippen LogP contribution in [0.15, 0.2) is 36.5 Å². The Labute approximate surface area is 132 Å². The number of hydrogen-bond donors (Lipinski definition) is 0. The molecule has 0 aliphatic carbocycles. The van der Waals surface area contributed by atoms with Crippen LogP contribution in [0.4, 0.5) is 19.0 Å². The SMILES string of the molecule is Fc1ccc(CN2CC3CC2CN3c2ncccc2F)cc1F. The fourth-order valence-electron chi connectivity index (χ4n) is 3.66. The molecule has 1 aromatic carbocycles. The molecular formula is C17H16F3N3. The second-order valence-corrected chi connectivity index (χ2v) is 6.18. The van der Waals surface area contributed by atoms with Crippen molar-refractivity contribution in [1.29, 1.82) is 0 Å². The molecule has 120 valence electrons. The van der Waals surface area contributed by atoms with Crippen LogP contribution in [-0.4, -0.2) is 35.1 Å². The van der Waals surface area contributed by atoms with Crippen LogP contribution in [0.2, 0.25) is 0 Å². The fourth-order valence-corrected chi connectivity index (χ4v) is 3.66. The van der Waals surface area contributed by atoms with E-state index in [0.29, 0.717) is 18.9 Å². The third-order valence-corrected chi connectivity index (χ3v) is 4.73. The van der Waals surface area contributed by atoms with Crippen molar-refractivity contribution in [3.05, 3.63) is 59.5 Å². The van der Waals surface area contributed by atoms with Gasteiger partial charge in [0.1, 0.15) is 0 Å². The van der Waals surface area contributed by atoms with Crippen molar-refractivity contribution in [1.82, 2.24) is 9.88 Å². The molecule has 6 heteroatoms. The van der Waals surface area contributed by atoms with Gasteiger partial charge in [0.25, 0.3) is 0 Å². The zero-order chi connectivity index (χ0) is 16.0. The minimum Gasteiger partial charge on any atom is -0.348 e. The third-order valence-electron chi connectivity index (χ3n) is 4.73. The van der Waals surface area contributed by atoms with Crippen LogP contribution < -0.4 is 4.90 Å². The monoisotopic (exact) mass is 319 g/mol. The van der Waals surface area contributed by atoms with Crippen LogP contribution in [0.25, 0.3) is 0 Å². The van der Waals surface area contributed by atoms with Crippen molar-refractivity contribution in [2.45, 2.75) is 25.0 Å². The van der Waals surface area contributed by atoms with Crippen molar-refractivity contribution >= 4 is 5.82 Å². The molecule has 0 amide bonds. The molecule has 2 fully saturated rings. The van der Waals surface area contributed by atoms with Crippen molar-refractivity contribution < 1.29 is 13.2 Å². The predicted molar refractivity (Wildman–Crippen MR) is 80.5 cm³/mol. The summed E-state index contributed by atoms with van der Waals surface area (Å²) in [5, 5.41) is 0. The number of hydrogen-bond acceptors (Lipinski definition) is 3. The maximum absolute atomic E-state index is 13.9. The summed E-state index contributed by atoms with van der Waals surface area (Å²) in [5.41, 5.74) is 0.756. The molecule has 3 heterocycles. The lowest BCUT2D eigenvalue weighted by atomic mass is 10.2. The zero-order valence-electron chi connectivity index (χ0n) is 12.4. The highest BCUT2D eigenvalue weighted by atomic mass is 19.2. The van der Waals surface area contributed by atoms with E-state index in [1.807, 2.05) is 4.90 Å². The fraction of sp³-hybridized carbons (Fsp3) is 0.353. The first-order valence-corrected chi connectivity index (χ1v) is 7.67. The predicted octanol–water partition coefficient (Wildman–Crippen LogP) is 2.96. The first kappa shape index (κ1) is 14.5. The van der Waals surface area contributed by atoms with E-state index in [0.717, 1.165) is 24.6 Å². The minimum absolute atomic E-state index is 0.217. The van der Waals surface area contributed by atoms with Crippen molar-refractivity contribution in [2.24, 2.45) is 0 Å². The Kier molecular flexibility index (Phi) is 3.49. The summed E-state index contributed by atoms with van der Waals surface area (Å²) in [4.78, 5) is 8.41. The molecule has 2 aliphatic rings. The molecule has 2 unspecified atom stereocenters. The minimum atomic E-state index is -0.825. The molecule has 23 heavy (non-hydrogen) atoms. The number of nitrogens with zero attached hydrogens (tertiary/aromatic N) is 3. The molecule has 2 saturated heterocycles. The second kappa shape index (κ2) is 5.53. The summed E-state index contributed by atoms with van der Waals surface area (Å²) < 4.78 is 40.2. The number of fused-ring (bicyclic) bond motifs is 2. The molecule has 4 rings (SSSR count). The maximum Gasteiger partial charge on any atom is 0.165 e. The summed E-state index contributed by atoms with van der Waals surface area (Å²) in [5.74, 6) is -1.53. The van der Waals surface area contributed by atoms with Crippen molar-refractivity contribution in [2.75, 3.05) is 18.0 Å². The van der Waals surface area contributed by atoms with Gasteiger partial charge in [-0.1, -0.05) is 6.07 Å². The number of benzene rings is 1. The van der Waals surface area contributed by atoms with E-state index in [1.54, 1.807) is 18.3 Å². The van der Waals surface area contributed by atoms with Gasteiger partial charge in [-0.25, -0.2) is 18.2 Å². The smallest absolute Gasteiger partial charge is 0.165 e.